The summed E-state index contributed by atoms with van der Waals surface area (Å²) in [6.45, 7) is 5.10. The maximum absolute atomic E-state index is 12.7. The fourth-order valence-electron chi connectivity index (χ4n) is 3.51. The van der Waals surface area contributed by atoms with E-state index in [0.29, 0.717) is 35.6 Å². The lowest BCUT2D eigenvalue weighted by Crippen LogP contribution is -2.51. The first-order valence-electron chi connectivity index (χ1n) is 10.7. The van der Waals surface area contributed by atoms with E-state index >= 15 is 0 Å². The second-order valence-corrected chi connectivity index (χ2v) is 7.36. The summed E-state index contributed by atoms with van der Waals surface area (Å²) in [5.41, 5.74) is 0.440. The van der Waals surface area contributed by atoms with Crippen LogP contribution in [-0.4, -0.2) is 57.4 Å². The van der Waals surface area contributed by atoms with E-state index in [2.05, 4.69) is 15.3 Å². The van der Waals surface area contributed by atoms with Crippen molar-refractivity contribution in [2.75, 3.05) is 36.4 Å². The van der Waals surface area contributed by atoms with Crippen LogP contribution < -0.4 is 15.9 Å². The molecule has 0 spiro atoms. The van der Waals surface area contributed by atoms with Gasteiger partial charge in [-0.1, -0.05) is 13.8 Å². The van der Waals surface area contributed by atoms with Gasteiger partial charge in [0.2, 0.25) is 0 Å². The van der Waals surface area contributed by atoms with E-state index in [9.17, 15) is 27.6 Å². The van der Waals surface area contributed by atoms with Crippen molar-refractivity contribution in [3.63, 3.8) is 0 Å². The van der Waals surface area contributed by atoms with Crippen molar-refractivity contribution in [3.8, 4) is 0 Å². The Morgan fingerprint density at radius 3 is 2.32 bits per heavy atom. The number of rotatable bonds is 2. The molecule has 182 valence electrons. The number of fused-ring (bicyclic) bond motifs is 1. The molecule has 0 saturated carbocycles. The van der Waals surface area contributed by atoms with Gasteiger partial charge in [0.15, 0.2) is 0 Å². The van der Waals surface area contributed by atoms with Crippen LogP contribution in [0.5, 0.6) is 0 Å². The smallest absolute Gasteiger partial charge is 0.353 e. The van der Waals surface area contributed by atoms with Crippen LogP contribution in [-0.2, 0) is 22.8 Å². The van der Waals surface area contributed by atoms with Crippen molar-refractivity contribution in [1.82, 2.24) is 19.4 Å². The molecule has 0 atom stereocenters. The summed E-state index contributed by atoms with van der Waals surface area (Å²) < 4.78 is 39.4. The molecule has 0 unspecified atom stereocenters. The molecule has 1 saturated heterocycles. The molecule has 2 aromatic heterocycles. The van der Waals surface area contributed by atoms with E-state index in [1.54, 1.807) is 30.1 Å². The van der Waals surface area contributed by atoms with Gasteiger partial charge in [0, 0.05) is 45.1 Å². The van der Waals surface area contributed by atoms with Crippen molar-refractivity contribution < 1.29 is 22.8 Å². The molecule has 3 aromatic rings. The van der Waals surface area contributed by atoms with Gasteiger partial charge in [-0.25, -0.2) is 9.78 Å². The lowest BCUT2D eigenvalue weighted by molar-refractivity contribution is -0.143. The Bertz CT molecular complexity index is 1230. The van der Waals surface area contributed by atoms with Crippen LogP contribution in [0.3, 0.4) is 0 Å². The number of anilines is 2. The zero-order valence-corrected chi connectivity index (χ0v) is 18.9. The molecule has 1 fully saturated rings. The van der Waals surface area contributed by atoms with Crippen LogP contribution in [0.2, 0.25) is 0 Å². The molecule has 0 radical (unpaired) electrons. The van der Waals surface area contributed by atoms with Crippen molar-refractivity contribution in [2.45, 2.75) is 20.0 Å². The highest BCUT2D eigenvalue weighted by Crippen LogP contribution is 2.29. The van der Waals surface area contributed by atoms with Gasteiger partial charge < -0.3 is 20.1 Å². The summed E-state index contributed by atoms with van der Waals surface area (Å²) in [5, 5.41) is 2.54. The minimum absolute atomic E-state index is 0.223. The average Bonchev–Trinajstić information content (AvgIpc) is 3.12. The number of alkyl halides is 3. The van der Waals surface area contributed by atoms with Crippen LogP contribution in [0, 0.1) is 0 Å². The van der Waals surface area contributed by atoms with Gasteiger partial charge in [-0.3, -0.25) is 14.2 Å². The monoisotopic (exact) mass is 478 g/mol. The molecule has 12 heteroatoms. The van der Waals surface area contributed by atoms with Crippen molar-refractivity contribution in [1.29, 1.82) is 0 Å². The number of piperazine rings is 1. The molecule has 0 aliphatic carbocycles. The topological polar surface area (TPSA) is 103 Å². The van der Waals surface area contributed by atoms with Gasteiger partial charge in [0.25, 0.3) is 0 Å². The number of aryl methyl sites for hydroxylation is 1. The van der Waals surface area contributed by atoms with Gasteiger partial charge >= 0.3 is 23.7 Å². The van der Waals surface area contributed by atoms with Crippen LogP contribution in [0.1, 0.15) is 19.4 Å². The quantitative estimate of drug-likeness (QED) is 0.551. The predicted molar refractivity (Wildman–Crippen MR) is 122 cm³/mol. The third kappa shape index (κ3) is 5.21. The second kappa shape index (κ2) is 9.98. The maximum Gasteiger partial charge on any atom is 0.417 e. The third-order valence-electron chi connectivity index (χ3n) is 5.32. The summed E-state index contributed by atoms with van der Waals surface area (Å²) in [6.07, 6.45) is -3.68. The largest absolute Gasteiger partial charge is 0.417 e. The number of halogens is 3. The second-order valence-electron chi connectivity index (χ2n) is 7.36. The number of aromatic nitrogens is 3. The van der Waals surface area contributed by atoms with E-state index in [0.717, 1.165) is 12.3 Å². The number of carbonyl (C=O) groups is 2. The Morgan fingerprint density at radius 2 is 1.74 bits per heavy atom. The molecule has 1 aliphatic heterocycles. The molecule has 9 nitrogen and oxygen atoms in total. The molecule has 34 heavy (non-hydrogen) atoms. The summed E-state index contributed by atoms with van der Waals surface area (Å²) >= 11 is 0. The Hall–Kier alpha value is -3.83. The summed E-state index contributed by atoms with van der Waals surface area (Å²) in [6, 6.07) is 7.05. The molecule has 4 rings (SSSR count). The van der Waals surface area contributed by atoms with Gasteiger partial charge in [0.05, 0.1) is 16.6 Å². The Labute approximate surface area is 193 Å². The fraction of sp³-hybridized carbons (Fsp3) is 0.364. The minimum Gasteiger partial charge on any atom is -0.353 e. The summed E-state index contributed by atoms with van der Waals surface area (Å²) in [4.78, 5) is 46.3. The Balaban J connectivity index is 0.00000158. The fourth-order valence-corrected chi connectivity index (χ4v) is 3.51. The van der Waals surface area contributed by atoms with E-state index in [4.69, 9.17) is 0 Å². The highest BCUT2D eigenvalue weighted by molar-refractivity contribution is 6.39. The lowest BCUT2D eigenvalue weighted by atomic mass is 10.2. The first-order valence-corrected chi connectivity index (χ1v) is 10.7. The molecular formula is C22H25F3N6O3. The highest BCUT2D eigenvalue weighted by atomic mass is 19.4. The number of amides is 2. The summed E-state index contributed by atoms with van der Waals surface area (Å²) in [7, 11) is 1.59. The molecule has 2 N–H and O–H groups in total. The van der Waals surface area contributed by atoms with Gasteiger partial charge in [0.1, 0.15) is 5.82 Å². The summed E-state index contributed by atoms with van der Waals surface area (Å²) in [5.74, 6) is -1.15. The minimum atomic E-state index is -4.45. The number of benzene rings is 1. The molecule has 1 aliphatic rings. The van der Waals surface area contributed by atoms with Crippen LogP contribution in [0.4, 0.5) is 24.7 Å². The van der Waals surface area contributed by atoms with Gasteiger partial charge in [-0.15, -0.1) is 0 Å². The molecule has 2 amide bonds. The molecule has 3 heterocycles. The highest BCUT2D eigenvalue weighted by Gasteiger charge is 2.31. The van der Waals surface area contributed by atoms with E-state index in [-0.39, 0.29) is 18.8 Å². The van der Waals surface area contributed by atoms with Crippen molar-refractivity contribution in [3.05, 3.63) is 52.6 Å². The van der Waals surface area contributed by atoms with E-state index < -0.39 is 23.6 Å². The number of hydrogen-bond acceptors (Lipinski definition) is 5. The molecule has 1 aromatic carbocycles. The maximum atomic E-state index is 12.7. The number of H-pyrrole nitrogens is 1. The van der Waals surface area contributed by atoms with Crippen molar-refractivity contribution in [2.24, 2.45) is 7.05 Å². The third-order valence-corrected chi connectivity index (χ3v) is 5.32. The number of aromatic amines is 1. The lowest BCUT2D eigenvalue weighted by Gasteiger charge is -2.35. The van der Waals surface area contributed by atoms with Gasteiger partial charge in [-0.05, 0) is 30.3 Å². The van der Waals surface area contributed by atoms with E-state index in [1.807, 2.05) is 13.8 Å². The normalized spacial score (nSPS) is 13.9. The van der Waals surface area contributed by atoms with Crippen LogP contribution >= 0.6 is 0 Å². The van der Waals surface area contributed by atoms with Crippen LogP contribution in [0.15, 0.2) is 41.3 Å². The van der Waals surface area contributed by atoms with Crippen LogP contribution in [0.25, 0.3) is 11.0 Å². The number of carbonyl (C=O) groups excluding carboxylic acids is 2. The number of imidazole rings is 1. The van der Waals surface area contributed by atoms with Gasteiger partial charge in [-0.2, -0.15) is 13.2 Å². The van der Waals surface area contributed by atoms with Crippen molar-refractivity contribution >= 4 is 34.4 Å². The Morgan fingerprint density at radius 1 is 1.06 bits per heavy atom. The number of nitrogens with one attached hydrogen (secondary N) is 2. The number of hydrogen-bond donors (Lipinski definition) is 2. The predicted octanol–water partition coefficient (Wildman–Crippen LogP) is 2.59. The number of pyridine rings is 1. The number of nitrogens with zero attached hydrogens (tertiary/aromatic N) is 4. The average molecular weight is 478 g/mol. The zero-order valence-electron chi connectivity index (χ0n) is 18.9. The van der Waals surface area contributed by atoms with E-state index in [1.165, 1.54) is 15.5 Å². The zero-order chi connectivity index (χ0) is 25.0. The molecular weight excluding hydrogens is 453 g/mol. The molecule has 0 bridgehead atoms. The first kappa shape index (κ1) is 24.8. The Kier molecular flexibility index (Phi) is 7.28. The SMILES string of the molecule is CC.Cn1c(=O)[nH]c2ccc(NC(=O)C(=O)N3CCN(c4ccc(C(F)(F)F)cn4)CC3)cc21. The standard InChI is InChI=1S/C20H19F3N6O3.C2H6/c1-27-15-10-13(3-4-14(15)26-19(27)32)25-17(30)18(31)29-8-6-28(7-9-29)16-5-2-12(11-24-16)20(21,22)23;1-2/h2-5,10-11H,6-9H2,1H3,(H,25,30)(H,26,32);1-2H3. The first-order chi connectivity index (χ1) is 16.1.